The number of hydrogen-bond acceptors (Lipinski definition) is 11. The van der Waals surface area contributed by atoms with Crippen LogP contribution >= 0.6 is 0 Å². The molecule has 0 atom stereocenters. The van der Waals surface area contributed by atoms with Gasteiger partial charge < -0.3 is 38.3 Å². The number of methoxy groups -OCH3 is 4. The maximum Gasteiger partial charge on any atom is 0.350 e. The summed E-state index contributed by atoms with van der Waals surface area (Å²) in [6.07, 6.45) is 6.40. The van der Waals surface area contributed by atoms with Gasteiger partial charge in [0.1, 0.15) is 40.1 Å². The molecule has 0 bridgehead atoms. The molecule has 12 heteroatoms. The molecule has 0 aliphatic heterocycles. The summed E-state index contributed by atoms with van der Waals surface area (Å²) in [7, 11) is 6.11. The number of hydrogen-bond donors (Lipinski definition) is 1. The van der Waals surface area contributed by atoms with E-state index in [1.165, 1.54) is 47.3 Å². The van der Waals surface area contributed by atoms with E-state index in [4.69, 9.17) is 33.2 Å². The molecular weight excluding hydrogens is 793 g/mol. The molecule has 0 aromatic heterocycles. The summed E-state index contributed by atoms with van der Waals surface area (Å²) in [4.78, 5) is 49.3. The number of aliphatic carboxylic acids is 1. The number of carbonyl (C=O) groups excluding carboxylic acids is 3. The molecule has 0 unspecified atom stereocenters. The van der Waals surface area contributed by atoms with Crippen molar-refractivity contribution in [3.05, 3.63) is 117 Å². The summed E-state index contributed by atoms with van der Waals surface area (Å²) in [5.41, 5.74) is 2.61. The highest BCUT2D eigenvalue weighted by Gasteiger charge is 2.36. The Balaban J connectivity index is 0.000000333. The van der Waals surface area contributed by atoms with Crippen LogP contribution in [0, 0.1) is 27.7 Å². The van der Waals surface area contributed by atoms with Crippen LogP contribution in [-0.4, -0.2) is 73.9 Å². The zero-order valence-electron chi connectivity index (χ0n) is 38.5. The summed E-state index contributed by atoms with van der Waals surface area (Å²) in [5, 5.41) is 9.28. The van der Waals surface area contributed by atoms with Crippen molar-refractivity contribution in [3.8, 4) is 34.5 Å². The molecule has 4 aromatic rings. The van der Waals surface area contributed by atoms with Crippen molar-refractivity contribution in [1.82, 2.24) is 0 Å². The number of aryl methyl sites for hydroxylation is 4. The predicted octanol–water partition coefficient (Wildman–Crippen LogP) is 10.2. The van der Waals surface area contributed by atoms with E-state index in [2.05, 4.69) is 0 Å². The van der Waals surface area contributed by atoms with Crippen LogP contribution in [0.4, 0.5) is 0 Å². The molecule has 0 spiro atoms. The largest absolute Gasteiger partial charge is 0.497 e. The second kappa shape index (κ2) is 20.8. The molecule has 0 fully saturated rings. The van der Waals surface area contributed by atoms with E-state index in [-0.39, 0.29) is 11.6 Å². The van der Waals surface area contributed by atoms with Crippen LogP contribution in [0.25, 0.3) is 12.2 Å². The lowest BCUT2D eigenvalue weighted by molar-refractivity contribution is -0.171. The number of allylic oxidation sites excluding steroid dienone is 2. The lowest BCUT2D eigenvalue weighted by Gasteiger charge is -2.30. The topological polar surface area (TPSA) is 153 Å². The molecule has 0 aliphatic rings. The predicted molar refractivity (Wildman–Crippen MR) is 241 cm³/mol. The summed E-state index contributed by atoms with van der Waals surface area (Å²) in [6.45, 7) is 19.3. The van der Waals surface area contributed by atoms with E-state index >= 15 is 0 Å². The lowest BCUT2D eigenvalue weighted by atomic mass is 10.0. The second-order valence-corrected chi connectivity index (χ2v) is 16.5. The third-order valence-electron chi connectivity index (χ3n) is 9.28. The first-order valence-corrected chi connectivity index (χ1v) is 19.8. The number of carboxylic acids is 1. The monoisotopic (exact) mass is 852 g/mol. The number of ether oxygens (including phenoxy) is 7. The number of ketones is 2. The zero-order valence-corrected chi connectivity index (χ0v) is 38.5. The molecule has 0 aliphatic carbocycles. The molecule has 332 valence electrons. The van der Waals surface area contributed by atoms with Crippen molar-refractivity contribution < 1.29 is 57.4 Å². The van der Waals surface area contributed by atoms with Crippen LogP contribution in [-0.2, 0) is 14.3 Å². The Morgan fingerprint density at radius 2 is 0.871 bits per heavy atom. The summed E-state index contributed by atoms with van der Waals surface area (Å²) >= 11 is 0. The number of carboxylic acid groups (broad SMARTS) is 1. The van der Waals surface area contributed by atoms with Crippen molar-refractivity contribution in [2.24, 2.45) is 0 Å². The van der Waals surface area contributed by atoms with Gasteiger partial charge in [0.25, 0.3) is 0 Å². The Morgan fingerprint density at radius 1 is 0.516 bits per heavy atom. The highest BCUT2D eigenvalue weighted by Crippen LogP contribution is 2.32. The highest BCUT2D eigenvalue weighted by molar-refractivity contribution is 6.09. The third-order valence-corrected chi connectivity index (χ3v) is 9.28. The van der Waals surface area contributed by atoms with Crippen LogP contribution in [0.1, 0.15) is 103 Å². The van der Waals surface area contributed by atoms with Gasteiger partial charge in [-0.05, 0) is 182 Å². The van der Waals surface area contributed by atoms with Gasteiger partial charge in [-0.25, -0.2) is 9.59 Å². The first kappa shape index (κ1) is 49.8. The minimum absolute atomic E-state index is 0.201. The molecule has 4 aromatic carbocycles. The summed E-state index contributed by atoms with van der Waals surface area (Å²) < 4.78 is 38.2. The SMILES string of the molecule is COc1ccc(OC)c(C(=O)/C=C/c2cc(C)c(OC(C)(C)C(=O)O)c(C)c2)c1.COc1ccc(OC)c(C(=O)/C=C/c2cc(C)c(OC(C)(C)C(=O)OC(C)(C)C)c(C)c2)c1. The Labute approximate surface area is 365 Å². The minimum Gasteiger partial charge on any atom is -0.497 e. The Kier molecular flexibility index (Phi) is 16.7. The maximum atomic E-state index is 12.8. The number of rotatable bonds is 16. The molecule has 0 saturated heterocycles. The first-order valence-electron chi connectivity index (χ1n) is 19.8. The van der Waals surface area contributed by atoms with Gasteiger partial charge in [0.15, 0.2) is 22.8 Å². The van der Waals surface area contributed by atoms with Gasteiger partial charge in [0, 0.05) is 0 Å². The van der Waals surface area contributed by atoms with Crippen molar-refractivity contribution in [1.29, 1.82) is 0 Å². The number of carbonyl (C=O) groups is 4. The Hall–Kier alpha value is -6.56. The standard InChI is InChI=1S/C27H34O6.C23H26O6/c1-17-14-19(10-12-22(28)21-16-20(30-8)11-13-23(21)31-9)15-18(2)24(17)32-27(6,7)25(29)33-26(3,4)5;1-14-11-16(12-15(2)21(14)29-23(3,4)22(25)26)7-9-19(24)18-13-17(27-5)8-10-20(18)28-6/h10-16H,1-9H3;7-13H,1-6H3,(H,25,26)/b12-10+;9-7+. The molecule has 62 heavy (non-hydrogen) atoms. The van der Waals surface area contributed by atoms with E-state index in [0.717, 1.165) is 33.4 Å². The fraction of sp³-hybridized carbons (Fsp3) is 0.360. The molecular formula is C50H60O12. The molecule has 0 heterocycles. The molecule has 0 saturated carbocycles. The minimum atomic E-state index is -1.34. The summed E-state index contributed by atoms with van der Waals surface area (Å²) in [5.74, 6) is 1.33. The number of esters is 1. The van der Waals surface area contributed by atoms with Crippen LogP contribution in [0.2, 0.25) is 0 Å². The average molecular weight is 853 g/mol. The normalized spacial score (nSPS) is 11.7. The van der Waals surface area contributed by atoms with Crippen molar-refractivity contribution in [2.75, 3.05) is 28.4 Å². The molecule has 1 N–H and O–H groups in total. The lowest BCUT2D eigenvalue weighted by Crippen LogP contribution is -2.43. The molecule has 12 nitrogen and oxygen atoms in total. The Bertz CT molecular complexity index is 2290. The maximum absolute atomic E-state index is 12.8. The van der Waals surface area contributed by atoms with E-state index in [1.807, 2.05) is 72.7 Å². The van der Waals surface area contributed by atoms with Crippen molar-refractivity contribution >= 4 is 35.7 Å². The van der Waals surface area contributed by atoms with Gasteiger partial charge in [0.2, 0.25) is 0 Å². The van der Waals surface area contributed by atoms with E-state index < -0.39 is 28.7 Å². The van der Waals surface area contributed by atoms with Gasteiger partial charge >= 0.3 is 11.9 Å². The van der Waals surface area contributed by atoms with Crippen LogP contribution in [0.15, 0.2) is 72.8 Å². The molecule has 0 radical (unpaired) electrons. The van der Waals surface area contributed by atoms with E-state index in [0.29, 0.717) is 45.6 Å². The highest BCUT2D eigenvalue weighted by atomic mass is 16.6. The number of benzene rings is 4. The van der Waals surface area contributed by atoms with Gasteiger partial charge in [0.05, 0.1) is 39.6 Å². The quantitative estimate of drug-likeness (QED) is 0.0648. The van der Waals surface area contributed by atoms with Gasteiger partial charge in [-0.3, -0.25) is 9.59 Å². The van der Waals surface area contributed by atoms with E-state index in [9.17, 15) is 24.3 Å². The smallest absolute Gasteiger partial charge is 0.350 e. The van der Waals surface area contributed by atoms with Crippen molar-refractivity contribution in [3.63, 3.8) is 0 Å². The average Bonchev–Trinajstić information content (AvgIpc) is 3.20. The molecule has 4 rings (SSSR count). The third kappa shape index (κ3) is 13.5. The van der Waals surface area contributed by atoms with Crippen molar-refractivity contribution in [2.45, 2.75) is 93.0 Å². The van der Waals surface area contributed by atoms with Gasteiger partial charge in [-0.2, -0.15) is 0 Å². The van der Waals surface area contributed by atoms with E-state index in [1.54, 1.807) is 69.5 Å². The van der Waals surface area contributed by atoms with Gasteiger partial charge in [-0.15, -0.1) is 0 Å². The second-order valence-electron chi connectivity index (χ2n) is 16.5. The first-order chi connectivity index (χ1) is 28.9. The Morgan fingerprint density at radius 3 is 1.18 bits per heavy atom. The van der Waals surface area contributed by atoms with Crippen LogP contribution < -0.4 is 28.4 Å². The fourth-order valence-electron chi connectivity index (χ4n) is 6.02. The summed E-state index contributed by atoms with van der Waals surface area (Å²) in [6, 6.07) is 17.6. The van der Waals surface area contributed by atoms with Gasteiger partial charge in [-0.1, -0.05) is 12.2 Å². The van der Waals surface area contributed by atoms with Crippen LogP contribution in [0.3, 0.4) is 0 Å². The molecule has 0 amide bonds. The zero-order chi connectivity index (χ0) is 46.7. The van der Waals surface area contributed by atoms with Crippen LogP contribution in [0.5, 0.6) is 34.5 Å². The fourth-order valence-corrected chi connectivity index (χ4v) is 6.02.